The van der Waals surface area contributed by atoms with E-state index in [4.69, 9.17) is 28.2 Å². The summed E-state index contributed by atoms with van der Waals surface area (Å²) in [5, 5.41) is 7.75. The Kier molecular flexibility index (Phi) is 5.16. The van der Waals surface area contributed by atoms with Gasteiger partial charge in [0.25, 0.3) is 0 Å². The van der Waals surface area contributed by atoms with Crippen molar-refractivity contribution in [3.63, 3.8) is 0 Å². The number of benzene rings is 1. The molecule has 152 valence electrons. The quantitative estimate of drug-likeness (QED) is 0.434. The van der Waals surface area contributed by atoms with E-state index in [-0.39, 0.29) is 0 Å². The highest BCUT2D eigenvalue weighted by molar-refractivity contribution is 6.39. The Bertz CT molecular complexity index is 1180. The molecule has 0 saturated carbocycles. The van der Waals surface area contributed by atoms with E-state index in [9.17, 15) is 0 Å². The summed E-state index contributed by atoms with van der Waals surface area (Å²) >= 11 is 12.7. The van der Waals surface area contributed by atoms with Gasteiger partial charge >= 0.3 is 0 Å². The summed E-state index contributed by atoms with van der Waals surface area (Å²) in [4.78, 5) is 19.3. The minimum Gasteiger partial charge on any atom is -0.369 e. The van der Waals surface area contributed by atoms with E-state index in [0.29, 0.717) is 38.6 Å². The predicted octanol–water partition coefficient (Wildman–Crippen LogP) is 4.48. The normalized spacial score (nSPS) is 14.3. The number of nitrogens with zero attached hydrogens (tertiary/aromatic N) is 4. The molecule has 5 rings (SSSR count). The van der Waals surface area contributed by atoms with E-state index in [1.165, 1.54) is 0 Å². The summed E-state index contributed by atoms with van der Waals surface area (Å²) in [6.07, 6.45) is 3.53. The van der Waals surface area contributed by atoms with Gasteiger partial charge in [-0.1, -0.05) is 29.3 Å². The zero-order valence-corrected chi connectivity index (χ0v) is 17.5. The second-order valence-corrected chi connectivity index (χ2v) is 7.81. The average Bonchev–Trinajstić information content (AvgIpc) is 3.19. The van der Waals surface area contributed by atoms with Gasteiger partial charge in [0.05, 0.1) is 21.1 Å². The molecule has 3 aromatic heterocycles. The lowest BCUT2D eigenvalue weighted by Gasteiger charge is -2.29. The first kappa shape index (κ1) is 19.1. The van der Waals surface area contributed by atoms with Gasteiger partial charge in [-0.15, -0.1) is 0 Å². The molecule has 1 aliphatic rings. The number of pyridine rings is 2. The molecule has 30 heavy (non-hydrogen) atoms. The monoisotopic (exact) mass is 439 g/mol. The molecule has 0 spiro atoms. The van der Waals surface area contributed by atoms with Crippen molar-refractivity contribution in [3.8, 4) is 11.4 Å². The SMILES string of the molecule is Clc1cccc(Cl)c1-c1nc2c(Nc3cc(N4CCNCC4)ccn3)nccc2[nH]1. The van der Waals surface area contributed by atoms with Gasteiger partial charge < -0.3 is 20.5 Å². The Morgan fingerprint density at radius 1 is 0.967 bits per heavy atom. The maximum atomic E-state index is 6.36. The molecule has 0 aliphatic carbocycles. The van der Waals surface area contributed by atoms with Crippen molar-refractivity contribution >= 4 is 51.6 Å². The van der Waals surface area contributed by atoms with Gasteiger partial charge in [-0.2, -0.15) is 0 Å². The number of aromatic nitrogens is 4. The fourth-order valence-electron chi connectivity index (χ4n) is 3.60. The number of imidazole rings is 1. The van der Waals surface area contributed by atoms with Gasteiger partial charge in [0.2, 0.25) is 0 Å². The smallest absolute Gasteiger partial charge is 0.159 e. The Labute approximate surface area is 183 Å². The Morgan fingerprint density at radius 2 is 1.73 bits per heavy atom. The van der Waals surface area contributed by atoms with Crippen LogP contribution >= 0.6 is 23.2 Å². The van der Waals surface area contributed by atoms with Crippen LogP contribution in [0.1, 0.15) is 0 Å². The molecule has 4 aromatic rings. The minimum absolute atomic E-state index is 0.536. The van der Waals surface area contributed by atoms with Crippen molar-refractivity contribution in [1.29, 1.82) is 0 Å². The van der Waals surface area contributed by atoms with Gasteiger partial charge in [-0.25, -0.2) is 15.0 Å². The number of H-pyrrole nitrogens is 1. The van der Waals surface area contributed by atoms with Crippen LogP contribution in [0.2, 0.25) is 10.0 Å². The lowest BCUT2D eigenvalue weighted by molar-refractivity contribution is 0.589. The van der Waals surface area contributed by atoms with Crippen LogP contribution in [0.25, 0.3) is 22.4 Å². The molecule has 7 nitrogen and oxygen atoms in total. The van der Waals surface area contributed by atoms with Gasteiger partial charge in [0.15, 0.2) is 5.82 Å². The summed E-state index contributed by atoms with van der Waals surface area (Å²) in [7, 11) is 0. The number of nitrogens with one attached hydrogen (secondary N) is 3. The zero-order valence-electron chi connectivity index (χ0n) is 16.0. The second-order valence-electron chi connectivity index (χ2n) is 7.00. The predicted molar refractivity (Wildman–Crippen MR) is 122 cm³/mol. The fourth-order valence-corrected chi connectivity index (χ4v) is 4.17. The van der Waals surface area contributed by atoms with Crippen LogP contribution in [0, 0.1) is 0 Å². The van der Waals surface area contributed by atoms with Crippen LogP contribution in [0.15, 0.2) is 48.8 Å². The number of hydrogen-bond donors (Lipinski definition) is 3. The number of aromatic amines is 1. The van der Waals surface area contributed by atoms with Crippen molar-refractivity contribution in [2.24, 2.45) is 0 Å². The highest BCUT2D eigenvalue weighted by atomic mass is 35.5. The number of rotatable bonds is 4. The van der Waals surface area contributed by atoms with Crippen LogP contribution in [0.5, 0.6) is 0 Å². The van der Waals surface area contributed by atoms with Crippen LogP contribution in [-0.4, -0.2) is 46.1 Å². The molecule has 4 heterocycles. The molecule has 0 unspecified atom stereocenters. The molecule has 0 bridgehead atoms. The first-order valence-electron chi connectivity index (χ1n) is 9.67. The summed E-state index contributed by atoms with van der Waals surface area (Å²) in [5.41, 5.74) is 3.32. The Hall–Kier alpha value is -2.87. The van der Waals surface area contributed by atoms with E-state index in [0.717, 1.165) is 37.4 Å². The van der Waals surface area contributed by atoms with Crippen LogP contribution < -0.4 is 15.5 Å². The standard InChI is InChI=1S/C21H19Cl2N7/c22-14-2-1-3-15(23)18(14)20-27-16-5-7-26-21(19(16)29-20)28-17-12-13(4-6-25-17)30-10-8-24-9-11-30/h1-7,12,24H,8-11H2,(H,27,29)(H,25,26,28). The largest absolute Gasteiger partial charge is 0.369 e. The first-order chi connectivity index (χ1) is 14.7. The van der Waals surface area contributed by atoms with Crippen LogP contribution in [0.3, 0.4) is 0 Å². The van der Waals surface area contributed by atoms with Crippen molar-refractivity contribution in [2.75, 3.05) is 36.4 Å². The van der Waals surface area contributed by atoms with Gasteiger partial charge in [0.1, 0.15) is 17.2 Å². The second kappa shape index (κ2) is 8.10. The fraction of sp³-hybridized carbons (Fsp3) is 0.190. The third-order valence-corrected chi connectivity index (χ3v) is 5.70. The van der Waals surface area contributed by atoms with Crippen LogP contribution in [0.4, 0.5) is 17.3 Å². The van der Waals surface area contributed by atoms with E-state index in [2.05, 4.69) is 30.5 Å². The number of hydrogen-bond acceptors (Lipinski definition) is 6. The van der Waals surface area contributed by atoms with E-state index in [1.54, 1.807) is 24.5 Å². The third-order valence-electron chi connectivity index (χ3n) is 5.07. The van der Waals surface area contributed by atoms with Crippen molar-refractivity contribution in [1.82, 2.24) is 25.3 Å². The molecule has 0 amide bonds. The van der Waals surface area contributed by atoms with E-state index < -0.39 is 0 Å². The summed E-state index contributed by atoms with van der Waals surface area (Å²) in [6, 6.07) is 11.3. The number of anilines is 3. The molecule has 1 fully saturated rings. The third kappa shape index (κ3) is 3.67. The summed E-state index contributed by atoms with van der Waals surface area (Å²) in [6.45, 7) is 3.90. The zero-order chi connectivity index (χ0) is 20.5. The van der Waals surface area contributed by atoms with Gasteiger partial charge in [-0.3, -0.25) is 0 Å². The van der Waals surface area contributed by atoms with E-state index in [1.807, 2.05) is 24.3 Å². The van der Waals surface area contributed by atoms with Crippen molar-refractivity contribution in [2.45, 2.75) is 0 Å². The number of fused-ring (bicyclic) bond motifs is 1. The highest BCUT2D eigenvalue weighted by Gasteiger charge is 2.16. The molecular formula is C21H19Cl2N7. The topological polar surface area (TPSA) is 81.8 Å². The Morgan fingerprint density at radius 3 is 2.53 bits per heavy atom. The molecule has 1 aliphatic heterocycles. The molecule has 3 N–H and O–H groups in total. The summed E-state index contributed by atoms with van der Waals surface area (Å²) in [5.74, 6) is 1.92. The maximum Gasteiger partial charge on any atom is 0.159 e. The molecule has 1 saturated heterocycles. The minimum atomic E-state index is 0.536. The first-order valence-corrected chi connectivity index (χ1v) is 10.4. The molecule has 0 radical (unpaired) electrons. The molecular weight excluding hydrogens is 421 g/mol. The average molecular weight is 440 g/mol. The van der Waals surface area contributed by atoms with Crippen molar-refractivity contribution in [3.05, 3.63) is 58.8 Å². The molecule has 9 heteroatoms. The lowest BCUT2D eigenvalue weighted by Crippen LogP contribution is -2.43. The molecule has 0 atom stereocenters. The van der Waals surface area contributed by atoms with Crippen LogP contribution in [-0.2, 0) is 0 Å². The Balaban J connectivity index is 1.49. The molecule has 1 aromatic carbocycles. The van der Waals surface area contributed by atoms with E-state index >= 15 is 0 Å². The number of piperazine rings is 1. The maximum absolute atomic E-state index is 6.36. The highest BCUT2D eigenvalue weighted by Crippen LogP contribution is 2.35. The van der Waals surface area contributed by atoms with Gasteiger partial charge in [0, 0.05) is 50.3 Å². The van der Waals surface area contributed by atoms with Gasteiger partial charge in [-0.05, 0) is 24.3 Å². The van der Waals surface area contributed by atoms with Crippen molar-refractivity contribution < 1.29 is 0 Å². The summed E-state index contributed by atoms with van der Waals surface area (Å²) < 4.78 is 0. The number of halogens is 2. The lowest BCUT2D eigenvalue weighted by atomic mass is 10.2.